The highest BCUT2D eigenvalue weighted by Crippen LogP contribution is 2.54. The number of benzene rings is 4. The van der Waals surface area contributed by atoms with E-state index in [4.69, 9.17) is 18.9 Å². The van der Waals surface area contributed by atoms with Crippen molar-refractivity contribution in [3.8, 4) is 23.0 Å². The summed E-state index contributed by atoms with van der Waals surface area (Å²) in [7, 11) is 0. The molecule has 0 unspecified atom stereocenters. The summed E-state index contributed by atoms with van der Waals surface area (Å²) < 4.78 is 37.9. The molecule has 264 valence electrons. The fraction of sp³-hybridized carbons (Fsp3) is 0.172. The molecule has 4 rings (SSSR count). The lowest BCUT2D eigenvalue weighted by Gasteiger charge is -2.35. The highest BCUT2D eigenvalue weighted by Gasteiger charge is 2.49. The first-order chi connectivity index (χ1) is 22.6. The van der Waals surface area contributed by atoms with Gasteiger partial charge in [-0.05, 0) is 305 Å². The predicted octanol–water partition coefficient (Wildman–Crippen LogP) is 19.3. The third kappa shape index (κ3) is 8.94. The minimum absolute atomic E-state index is 0.275. The lowest BCUT2D eigenvalue weighted by molar-refractivity contribution is -0.368. The first-order valence-corrected chi connectivity index (χ1v) is 25.3. The standard InChI is InChI=1S/C29H12Br16O4/c1-5-9(30)17(38)25(18(39)10(5)31)46-29(47-26-19(40)11(32)6(2)12(33)20(26)41,48-27-21(42)13(34)7(3)14(35)22(27)43)49-28-23(44)15(36)8(4)16(37)24(28)45/h1-4H3. The molecule has 0 saturated heterocycles. The third-order valence-electron chi connectivity index (χ3n) is 6.68. The number of halogens is 16. The number of rotatable bonds is 8. The van der Waals surface area contributed by atoms with Crippen LogP contribution in [0.4, 0.5) is 0 Å². The normalized spacial score (nSPS) is 11.7. The maximum Gasteiger partial charge on any atom is 0.611 e. The van der Waals surface area contributed by atoms with Crippen LogP contribution in [0.3, 0.4) is 0 Å². The molecule has 4 aromatic rings. The quantitative estimate of drug-likeness (QED) is 0.130. The Morgan fingerprint density at radius 2 is 0.367 bits per heavy atom. The van der Waals surface area contributed by atoms with Crippen LogP contribution in [-0.4, -0.2) is 6.16 Å². The zero-order valence-corrected chi connectivity index (χ0v) is 49.6. The topological polar surface area (TPSA) is 36.9 Å². The van der Waals surface area contributed by atoms with E-state index in [1.807, 2.05) is 27.7 Å². The number of ether oxygens (including phenoxy) is 4. The van der Waals surface area contributed by atoms with E-state index in [1.54, 1.807) is 0 Å². The fourth-order valence-electron chi connectivity index (χ4n) is 3.87. The van der Waals surface area contributed by atoms with E-state index in [1.165, 1.54) is 0 Å². The third-order valence-corrected chi connectivity index (χ3v) is 24.9. The Morgan fingerprint density at radius 1 is 0.245 bits per heavy atom. The van der Waals surface area contributed by atoms with Gasteiger partial charge in [0.15, 0.2) is 23.0 Å². The molecule has 0 bridgehead atoms. The summed E-state index contributed by atoms with van der Waals surface area (Å²) in [6.45, 7) is 7.80. The molecule has 0 saturated carbocycles. The van der Waals surface area contributed by atoms with Crippen LogP contribution in [0.15, 0.2) is 71.6 Å². The highest BCUT2D eigenvalue weighted by atomic mass is 79.9. The molecule has 0 N–H and O–H groups in total. The van der Waals surface area contributed by atoms with Crippen molar-refractivity contribution in [2.75, 3.05) is 0 Å². The molecule has 20 heteroatoms. The van der Waals surface area contributed by atoms with Gasteiger partial charge in [-0.25, -0.2) is 0 Å². The van der Waals surface area contributed by atoms with Crippen LogP contribution in [0.25, 0.3) is 0 Å². The molecule has 0 radical (unpaired) electrons. The molecule has 0 aromatic heterocycles. The largest absolute Gasteiger partial charge is 0.611 e. The Balaban J connectivity index is 2.21. The molecule has 0 aliphatic carbocycles. The van der Waals surface area contributed by atoms with E-state index in [0.29, 0.717) is 35.8 Å². The van der Waals surface area contributed by atoms with Gasteiger partial charge >= 0.3 is 6.16 Å². The molecule has 0 amide bonds. The Hall–Kier alpha value is 3.76. The van der Waals surface area contributed by atoms with E-state index >= 15 is 0 Å². The average Bonchev–Trinajstić information content (AvgIpc) is 3.08. The van der Waals surface area contributed by atoms with Gasteiger partial charge in [0.05, 0.1) is 35.8 Å². The van der Waals surface area contributed by atoms with Crippen molar-refractivity contribution in [1.82, 2.24) is 0 Å². The summed E-state index contributed by atoms with van der Waals surface area (Å²) in [6.07, 6.45) is -2.45. The van der Waals surface area contributed by atoms with Crippen molar-refractivity contribution in [3.05, 3.63) is 93.8 Å². The Kier molecular flexibility index (Phi) is 16.8. The van der Waals surface area contributed by atoms with Gasteiger partial charge in [-0.2, -0.15) is 0 Å². The van der Waals surface area contributed by atoms with Crippen molar-refractivity contribution in [2.45, 2.75) is 33.9 Å². The zero-order chi connectivity index (χ0) is 37.2. The Morgan fingerprint density at radius 3 is 0.490 bits per heavy atom. The summed E-state index contributed by atoms with van der Waals surface area (Å²) in [5.74, 6) is 1.10. The molecule has 0 aliphatic heterocycles. The van der Waals surface area contributed by atoms with Gasteiger partial charge in [0.2, 0.25) is 0 Å². The van der Waals surface area contributed by atoms with Gasteiger partial charge in [-0.15, -0.1) is 0 Å². The van der Waals surface area contributed by atoms with E-state index in [-0.39, 0.29) is 23.0 Å². The van der Waals surface area contributed by atoms with Crippen molar-refractivity contribution >= 4 is 255 Å². The average molecular weight is 1700 g/mol. The number of hydrogen-bond acceptors (Lipinski definition) is 4. The second-order valence-electron chi connectivity index (χ2n) is 9.75. The second kappa shape index (κ2) is 18.1. The van der Waals surface area contributed by atoms with Crippen molar-refractivity contribution in [1.29, 1.82) is 0 Å². The van der Waals surface area contributed by atoms with Gasteiger partial charge in [-0.3, -0.25) is 0 Å². The van der Waals surface area contributed by atoms with Crippen LogP contribution in [0, 0.1) is 27.7 Å². The fourth-order valence-corrected chi connectivity index (χ4v) is 13.6. The van der Waals surface area contributed by atoms with Gasteiger partial charge in [0, 0.05) is 35.8 Å². The van der Waals surface area contributed by atoms with Gasteiger partial charge < -0.3 is 18.9 Å². The maximum absolute atomic E-state index is 6.91. The summed E-state index contributed by atoms with van der Waals surface area (Å²) in [6, 6.07) is 0. The molecule has 0 aliphatic rings. The number of hydrogen-bond donors (Lipinski definition) is 0. The van der Waals surface area contributed by atoms with Crippen molar-refractivity contribution in [2.24, 2.45) is 0 Å². The minimum atomic E-state index is -2.45. The van der Waals surface area contributed by atoms with Crippen molar-refractivity contribution in [3.63, 3.8) is 0 Å². The highest BCUT2D eigenvalue weighted by molar-refractivity contribution is 9.15. The van der Waals surface area contributed by atoms with E-state index < -0.39 is 6.16 Å². The van der Waals surface area contributed by atoms with Crippen LogP contribution in [-0.2, 0) is 0 Å². The molecule has 4 aromatic carbocycles. The molecule has 0 atom stereocenters. The monoisotopic (exact) mass is 1690 g/mol. The lowest BCUT2D eigenvalue weighted by atomic mass is 10.2. The van der Waals surface area contributed by atoms with Crippen LogP contribution in [0.1, 0.15) is 22.3 Å². The van der Waals surface area contributed by atoms with E-state index in [9.17, 15) is 0 Å². The van der Waals surface area contributed by atoms with Crippen LogP contribution >= 0.6 is 255 Å². The van der Waals surface area contributed by atoms with Crippen molar-refractivity contribution < 1.29 is 18.9 Å². The lowest BCUT2D eigenvalue weighted by Crippen LogP contribution is -2.54. The zero-order valence-electron chi connectivity index (χ0n) is 24.2. The molecule has 0 fully saturated rings. The molecule has 4 nitrogen and oxygen atoms in total. The Labute approximate surface area is 417 Å². The maximum atomic E-state index is 6.91. The van der Waals surface area contributed by atoms with Crippen LogP contribution in [0.2, 0.25) is 0 Å². The van der Waals surface area contributed by atoms with Gasteiger partial charge in [0.25, 0.3) is 0 Å². The molecular weight excluding hydrogens is 1690 g/mol. The van der Waals surface area contributed by atoms with Gasteiger partial charge in [0.1, 0.15) is 0 Å². The molecular formula is C29H12Br16O4. The predicted molar refractivity (Wildman–Crippen MR) is 253 cm³/mol. The van der Waals surface area contributed by atoms with Crippen LogP contribution < -0.4 is 18.9 Å². The summed E-state index contributed by atoms with van der Waals surface area (Å²) >= 11 is 59.3. The first-order valence-electron chi connectivity index (χ1n) is 12.7. The molecule has 0 spiro atoms. The smallest absolute Gasteiger partial charge is 0.383 e. The molecule has 0 heterocycles. The summed E-state index contributed by atoms with van der Waals surface area (Å²) in [5, 5.41) is 0. The first kappa shape index (κ1) is 45.5. The SMILES string of the molecule is Cc1c(Br)c(Br)c(OC(Oc2c(Br)c(Br)c(C)c(Br)c2Br)(Oc2c(Br)c(Br)c(C)c(Br)c2Br)Oc2c(Br)c(Br)c(C)c(Br)c2Br)c(Br)c1Br. The van der Waals surface area contributed by atoms with E-state index in [0.717, 1.165) is 58.0 Å². The summed E-state index contributed by atoms with van der Waals surface area (Å²) in [4.78, 5) is 0. The molecule has 49 heavy (non-hydrogen) atoms. The Bertz CT molecular complexity index is 1640. The van der Waals surface area contributed by atoms with E-state index in [2.05, 4.69) is 255 Å². The summed E-state index contributed by atoms with van der Waals surface area (Å²) in [5.41, 5.74) is 3.63. The van der Waals surface area contributed by atoms with Gasteiger partial charge in [-0.1, -0.05) is 0 Å². The second-order valence-corrected chi connectivity index (χ2v) is 22.4. The van der Waals surface area contributed by atoms with Crippen LogP contribution in [0.5, 0.6) is 23.0 Å². The minimum Gasteiger partial charge on any atom is -0.383 e.